The van der Waals surface area contributed by atoms with Gasteiger partial charge in [0.2, 0.25) is 0 Å². The van der Waals surface area contributed by atoms with E-state index in [1.165, 1.54) is 11.4 Å². The molecule has 3 N–H and O–H groups in total. The number of nitrogen functional groups attached to an aromatic ring is 1. The zero-order valence-electron chi connectivity index (χ0n) is 11.5. The van der Waals surface area contributed by atoms with Gasteiger partial charge in [0.1, 0.15) is 4.21 Å². The summed E-state index contributed by atoms with van der Waals surface area (Å²) in [5.74, 6) is 5.53. The van der Waals surface area contributed by atoms with Gasteiger partial charge in [0.05, 0.1) is 4.92 Å². The predicted molar refractivity (Wildman–Crippen MR) is 78.1 cm³/mol. The molecule has 8 nitrogen and oxygen atoms in total. The largest absolute Gasteiger partial charge is 0.310 e. The molecule has 1 aromatic rings. The molecule has 0 radical (unpaired) electrons. The molecule has 0 bridgehead atoms. The Morgan fingerprint density at radius 1 is 1.55 bits per heavy atom. The van der Waals surface area contributed by atoms with Gasteiger partial charge in [0, 0.05) is 19.7 Å². The Morgan fingerprint density at radius 3 is 2.55 bits per heavy atom. The average Bonchev–Trinajstić information content (AvgIpc) is 2.80. The van der Waals surface area contributed by atoms with Crippen LogP contribution in [0.3, 0.4) is 0 Å². The second kappa shape index (κ2) is 6.48. The fourth-order valence-corrected chi connectivity index (χ4v) is 4.07. The maximum absolute atomic E-state index is 12.3. The average molecular weight is 322 g/mol. The molecule has 1 heterocycles. The molecule has 1 rings (SSSR count). The summed E-state index contributed by atoms with van der Waals surface area (Å²) in [7, 11) is -2.27. The van der Waals surface area contributed by atoms with Crippen molar-refractivity contribution in [2.45, 2.75) is 24.5 Å². The Hall–Kier alpha value is -1.23. The van der Waals surface area contributed by atoms with E-state index >= 15 is 0 Å². The molecule has 0 amide bonds. The third-order valence-corrected chi connectivity index (χ3v) is 6.07. The zero-order valence-corrected chi connectivity index (χ0v) is 13.1. The van der Waals surface area contributed by atoms with Crippen molar-refractivity contribution in [3.8, 4) is 0 Å². The first-order valence-electron chi connectivity index (χ1n) is 5.91. The maximum atomic E-state index is 12.3. The number of thiophene rings is 1. The summed E-state index contributed by atoms with van der Waals surface area (Å²) < 4.78 is 25.7. The molecule has 0 spiro atoms. The van der Waals surface area contributed by atoms with E-state index in [0.717, 1.165) is 17.4 Å². The van der Waals surface area contributed by atoms with Crippen LogP contribution < -0.4 is 11.3 Å². The van der Waals surface area contributed by atoms with Crippen molar-refractivity contribution >= 4 is 32.0 Å². The van der Waals surface area contributed by atoms with E-state index in [9.17, 15) is 18.5 Å². The van der Waals surface area contributed by atoms with Gasteiger partial charge in [-0.3, -0.25) is 10.1 Å². The Kier molecular flexibility index (Phi) is 5.45. The summed E-state index contributed by atoms with van der Waals surface area (Å²) >= 11 is 0.750. The molecule has 0 atom stereocenters. The van der Waals surface area contributed by atoms with E-state index in [4.69, 9.17) is 5.84 Å². The first-order valence-corrected chi connectivity index (χ1v) is 8.17. The molecule has 1 aromatic heterocycles. The normalized spacial score (nSPS) is 12.1. The third kappa shape index (κ3) is 3.66. The number of nitro groups is 1. The molecule has 0 saturated carbocycles. The second-order valence-electron chi connectivity index (χ2n) is 4.69. The van der Waals surface area contributed by atoms with Gasteiger partial charge in [0.15, 0.2) is 5.00 Å². The molecule has 0 unspecified atom stereocenters. The highest BCUT2D eigenvalue weighted by molar-refractivity contribution is 7.91. The second-order valence-corrected chi connectivity index (χ2v) is 8.01. The molecule has 0 aliphatic rings. The standard InChI is InChI=1S/C10H18N4O4S2/c1-7(2)4-5-13(3)20(17,18)9-6-8(14(15)16)10(12-11)19-9/h6-7,12H,4-5,11H2,1-3H3. The number of hydrogen-bond donors (Lipinski definition) is 2. The van der Waals surface area contributed by atoms with Gasteiger partial charge < -0.3 is 5.43 Å². The van der Waals surface area contributed by atoms with Crippen LogP contribution in [0.4, 0.5) is 10.7 Å². The van der Waals surface area contributed by atoms with Crippen LogP contribution in [0.15, 0.2) is 10.3 Å². The number of rotatable bonds is 7. The SMILES string of the molecule is CC(C)CCN(C)S(=O)(=O)c1cc([N+](=O)[O-])c(NN)s1. The van der Waals surface area contributed by atoms with E-state index < -0.39 is 14.9 Å². The lowest BCUT2D eigenvalue weighted by molar-refractivity contribution is -0.383. The Labute approximate surface area is 121 Å². The quantitative estimate of drug-likeness (QED) is 0.447. The zero-order chi connectivity index (χ0) is 15.5. The Morgan fingerprint density at radius 2 is 2.15 bits per heavy atom. The number of anilines is 1. The highest BCUT2D eigenvalue weighted by atomic mass is 32.2. The summed E-state index contributed by atoms with van der Waals surface area (Å²) in [6.45, 7) is 4.34. The van der Waals surface area contributed by atoms with Crippen molar-refractivity contribution in [3.63, 3.8) is 0 Å². The van der Waals surface area contributed by atoms with Crippen molar-refractivity contribution in [3.05, 3.63) is 16.2 Å². The number of nitrogens with two attached hydrogens (primary N) is 1. The van der Waals surface area contributed by atoms with Gasteiger partial charge in [-0.15, -0.1) is 0 Å². The van der Waals surface area contributed by atoms with Crippen LogP contribution in [0.5, 0.6) is 0 Å². The lowest BCUT2D eigenvalue weighted by atomic mass is 10.1. The van der Waals surface area contributed by atoms with Crippen LogP contribution in [0.1, 0.15) is 20.3 Å². The summed E-state index contributed by atoms with van der Waals surface area (Å²) in [6, 6.07) is 1.03. The van der Waals surface area contributed by atoms with Crippen molar-refractivity contribution in [1.82, 2.24) is 4.31 Å². The molecule has 0 fully saturated rings. The highest BCUT2D eigenvalue weighted by Crippen LogP contribution is 2.37. The summed E-state index contributed by atoms with van der Waals surface area (Å²) in [5, 5.41) is 10.8. The summed E-state index contributed by atoms with van der Waals surface area (Å²) in [6.07, 6.45) is 0.713. The minimum Gasteiger partial charge on any atom is -0.310 e. The Balaban J connectivity index is 3.06. The fraction of sp³-hybridized carbons (Fsp3) is 0.600. The highest BCUT2D eigenvalue weighted by Gasteiger charge is 2.28. The van der Waals surface area contributed by atoms with Crippen LogP contribution in [0.2, 0.25) is 0 Å². The van der Waals surface area contributed by atoms with Crippen LogP contribution in [0, 0.1) is 16.0 Å². The lowest BCUT2D eigenvalue weighted by Crippen LogP contribution is -2.28. The molecule has 0 aromatic carbocycles. The van der Waals surface area contributed by atoms with Crippen molar-refractivity contribution < 1.29 is 13.3 Å². The molecule has 20 heavy (non-hydrogen) atoms. The van der Waals surface area contributed by atoms with E-state index in [1.807, 2.05) is 13.8 Å². The van der Waals surface area contributed by atoms with Crippen LogP contribution in [-0.2, 0) is 10.0 Å². The first kappa shape index (κ1) is 16.8. The van der Waals surface area contributed by atoms with Gasteiger partial charge in [-0.2, -0.15) is 0 Å². The molecule has 0 aliphatic heterocycles. The molecule has 114 valence electrons. The molecular formula is C10H18N4O4S2. The van der Waals surface area contributed by atoms with E-state index in [-0.39, 0.29) is 14.9 Å². The number of sulfonamides is 1. The molecule has 0 aliphatic carbocycles. The number of hydrazine groups is 1. The monoisotopic (exact) mass is 322 g/mol. The topological polar surface area (TPSA) is 119 Å². The third-order valence-electron chi connectivity index (χ3n) is 2.70. The van der Waals surface area contributed by atoms with Gasteiger partial charge in [-0.1, -0.05) is 25.2 Å². The van der Waals surface area contributed by atoms with Gasteiger partial charge in [-0.25, -0.2) is 18.6 Å². The van der Waals surface area contributed by atoms with Gasteiger partial charge in [0.25, 0.3) is 10.0 Å². The number of hydrogen-bond acceptors (Lipinski definition) is 7. The molecule has 0 saturated heterocycles. The van der Waals surface area contributed by atoms with E-state index in [2.05, 4.69) is 5.43 Å². The minimum atomic E-state index is -3.73. The van der Waals surface area contributed by atoms with Gasteiger partial charge in [-0.05, 0) is 12.3 Å². The predicted octanol–water partition coefficient (Wildman–Crippen LogP) is 1.61. The maximum Gasteiger partial charge on any atom is 0.306 e. The van der Waals surface area contributed by atoms with Crippen molar-refractivity contribution in [2.75, 3.05) is 19.0 Å². The fourth-order valence-electron chi connectivity index (χ4n) is 1.44. The van der Waals surface area contributed by atoms with Gasteiger partial charge >= 0.3 is 5.69 Å². The van der Waals surface area contributed by atoms with E-state index in [1.54, 1.807) is 0 Å². The minimum absolute atomic E-state index is 0.0193. The lowest BCUT2D eigenvalue weighted by Gasteiger charge is -2.16. The summed E-state index contributed by atoms with van der Waals surface area (Å²) in [4.78, 5) is 10.1. The van der Waals surface area contributed by atoms with Crippen LogP contribution >= 0.6 is 11.3 Å². The Bertz CT molecular complexity index is 582. The van der Waals surface area contributed by atoms with Crippen molar-refractivity contribution in [1.29, 1.82) is 0 Å². The van der Waals surface area contributed by atoms with E-state index in [0.29, 0.717) is 18.9 Å². The molecule has 10 heteroatoms. The van der Waals surface area contributed by atoms with Crippen LogP contribution in [-0.4, -0.2) is 31.2 Å². The van der Waals surface area contributed by atoms with Crippen molar-refractivity contribution in [2.24, 2.45) is 11.8 Å². The first-order chi connectivity index (χ1) is 9.20. The smallest absolute Gasteiger partial charge is 0.306 e. The molecular weight excluding hydrogens is 304 g/mol. The van der Waals surface area contributed by atoms with Crippen LogP contribution in [0.25, 0.3) is 0 Å². The number of nitrogens with one attached hydrogen (secondary N) is 1. The summed E-state index contributed by atoms with van der Waals surface area (Å²) in [5.41, 5.74) is 1.81. The number of nitrogens with zero attached hydrogens (tertiary/aromatic N) is 2.